The first-order valence-corrected chi connectivity index (χ1v) is 13.2. The minimum absolute atomic E-state index is 0.0179. The van der Waals surface area contributed by atoms with Crippen LogP contribution in [-0.2, 0) is 24.0 Å². The van der Waals surface area contributed by atoms with Crippen molar-refractivity contribution in [1.29, 1.82) is 0 Å². The maximum Gasteiger partial charge on any atom is 0.224 e. The molecule has 1 saturated carbocycles. The third-order valence-electron chi connectivity index (χ3n) is 8.30. The van der Waals surface area contributed by atoms with Crippen LogP contribution in [0.3, 0.4) is 0 Å². The highest BCUT2D eigenvalue weighted by atomic mass is 32.2. The number of ether oxygens (including phenoxy) is 2. The largest absolute Gasteiger partial charge is 0.346 e. The van der Waals surface area contributed by atoms with Crippen LogP contribution in [0.2, 0.25) is 0 Å². The molecule has 1 aromatic rings. The minimum Gasteiger partial charge on any atom is -0.346 e. The standard InChI is InChI=1S/C25H35NO5S/c1-15-8-9-20-16(2)21(10-11-22(27)26-17-6-5-7-18(14-17)32-4)28-23-25(20)19(15)12-13-24(3,29-23)30-31-25/h5-7,14-16,19-21,23H,8-13H2,1-4H3,(H,26,27)/t15-,16-,19+,20+,21-,23-,24+,25-/m1/s1. The van der Waals surface area contributed by atoms with Gasteiger partial charge in [-0.2, -0.15) is 0 Å². The molecule has 4 aliphatic heterocycles. The van der Waals surface area contributed by atoms with Crippen LogP contribution >= 0.6 is 11.8 Å². The molecular weight excluding hydrogens is 426 g/mol. The van der Waals surface area contributed by atoms with Gasteiger partial charge in [0, 0.05) is 29.3 Å². The summed E-state index contributed by atoms with van der Waals surface area (Å²) in [5.74, 6) is 0.745. The van der Waals surface area contributed by atoms with Gasteiger partial charge in [0.1, 0.15) is 0 Å². The first-order valence-electron chi connectivity index (χ1n) is 12.0. The monoisotopic (exact) mass is 461 g/mol. The summed E-state index contributed by atoms with van der Waals surface area (Å²) < 4.78 is 13.0. The van der Waals surface area contributed by atoms with Crippen molar-refractivity contribution in [2.75, 3.05) is 11.6 Å². The number of hydrogen-bond acceptors (Lipinski definition) is 6. The number of benzene rings is 1. The van der Waals surface area contributed by atoms with Crippen LogP contribution in [0.4, 0.5) is 5.69 Å². The Labute approximate surface area is 195 Å². The van der Waals surface area contributed by atoms with Gasteiger partial charge in [-0.05, 0) is 74.8 Å². The van der Waals surface area contributed by atoms with Crippen molar-refractivity contribution in [2.24, 2.45) is 23.7 Å². The second-order valence-electron chi connectivity index (χ2n) is 10.3. The maximum atomic E-state index is 12.7. The summed E-state index contributed by atoms with van der Waals surface area (Å²) in [4.78, 5) is 25.9. The Balaban J connectivity index is 1.29. The summed E-state index contributed by atoms with van der Waals surface area (Å²) in [5, 5.41) is 3.03. The predicted octanol–water partition coefficient (Wildman–Crippen LogP) is 5.38. The van der Waals surface area contributed by atoms with Gasteiger partial charge < -0.3 is 14.8 Å². The summed E-state index contributed by atoms with van der Waals surface area (Å²) in [6.45, 7) is 6.52. The van der Waals surface area contributed by atoms with Crippen LogP contribution in [-0.4, -0.2) is 35.9 Å². The average Bonchev–Trinajstić information content (AvgIpc) is 3.01. The number of hydrogen-bond donors (Lipinski definition) is 1. The first kappa shape index (κ1) is 22.7. The second-order valence-corrected chi connectivity index (χ2v) is 11.1. The van der Waals surface area contributed by atoms with Gasteiger partial charge >= 0.3 is 0 Å². The Morgan fingerprint density at radius 2 is 2.03 bits per heavy atom. The van der Waals surface area contributed by atoms with Gasteiger partial charge in [0.15, 0.2) is 11.9 Å². The first-order chi connectivity index (χ1) is 15.3. The molecule has 1 N–H and O–H groups in total. The third-order valence-corrected chi connectivity index (χ3v) is 9.03. The summed E-state index contributed by atoms with van der Waals surface area (Å²) in [6.07, 6.45) is 6.74. The fraction of sp³-hybridized carbons (Fsp3) is 0.720. The molecule has 5 aliphatic rings. The van der Waals surface area contributed by atoms with Gasteiger partial charge in [0.05, 0.1) is 6.10 Å². The summed E-state index contributed by atoms with van der Waals surface area (Å²) in [5.41, 5.74) is 0.301. The fourth-order valence-electron chi connectivity index (χ4n) is 6.51. The molecule has 8 atom stereocenters. The Morgan fingerprint density at radius 3 is 2.84 bits per heavy atom. The number of rotatable bonds is 5. The highest BCUT2D eigenvalue weighted by Gasteiger charge is 2.69. The lowest BCUT2D eigenvalue weighted by Gasteiger charge is -2.60. The van der Waals surface area contributed by atoms with Gasteiger partial charge in [-0.1, -0.05) is 19.9 Å². The maximum absolute atomic E-state index is 12.7. The molecule has 4 heterocycles. The van der Waals surface area contributed by atoms with Crippen LogP contribution in [0.1, 0.15) is 59.3 Å². The molecule has 0 unspecified atom stereocenters. The van der Waals surface area contributed by atoms with E-state index in [4.69, 9.17) is 19.2 Å². The molecule has 5 fully saturated rings. The minimum atomic E-state index is -0.762. The molecule has 1 aliphatic carbocycles. The molecule has 0 radical (unpaired) electrons. The number of carbonyl (C=O) groups is 1. The van der Waals surface area contributed by atoms with Crippen molar-refractivity contribution < 1.29 is 24.0 Å². The summed E-state index contributed by atoms with van der Waals surface area (Å²) in [6, 6.07) is 7.94. The number of carbonyl (C=O) groups excluding carboxylic acids is 1. The van der Waals surface area contributed by atoms with E-state index in [1.807, 2.05) is 37.4 Å². The molecule has 6 nitrogen and oxygen atoms in total. The molecule has 1 spiro atoms. The smallest absolute Gasteiger partial charge is 0.224 e. The van der Waals surface area contributed by atoms with E-state index in [-0.39, 0.29) is 17.9 Å². The molecule has 1 aromatic carbocycles. The van der Waals surface area contributed by atoms with Crippen molar-refractivity contribution in [2.45, 2.75) is 88.0 Å². The highest BCUT2D eigenvalue weighted by molar-refractivity contribution is 7.98. The van der Waals surface area contributed by atoms with Crippen LogP contribution < -0.4 is 5.32 Å². The number of anilines is 1. The van der Waals surface area contributed by atoms with E-state index >= 15 is 0 Å². The van der Waals surface area contributed by atoms with Gasteiger partial charge in [-0.15, -0.1) is 11.8 Å². The third kappa shape index (κ3) is 3.80. The normalized spacial score (nSPS) is 42.8. The zero-order chi connectivity index (χ0) is 22.5. The Kier molecular flexibility index (Phi) is 6.08. The van der Waals surface area contributed by atoms with Gasteiger partial charge in [0.2, 0.25) is 11.7 Å². The van der Waals surface area contributed by atoms with E-state index in [1.165, 1.54) is 6.42 Å². The molecule has 7 heteroatoms. The summed E-state index contributed by atoms with van der Waals surface area (Å²) >= 11 is 1.66. The van der Waals surface area contributed by atoms with E-state index in [1.54, 1.807) is 11.8 Å². The number of amides is 1. The highest BCUT2D eigenvalue weighted by Crippen LogP contribution is 2.60. The lowest BCUT2D eigenvalue weighted by molar-refractivity contribution is -0.571. The van der Waals surface area contributed by atoms with Crippen molar-refractivity contribution >= 4 is 23.4 Å². The van der Waals surface area contributed by atoms with E-state index < -0.39 is 17.7 Å². The molecule has 6 rings (SSSR count). The van der Waals surface area contributed by atoms with E-state index in [0.29, 0.717) is 30.6 Å². The number of thioether (sulfide) groups is 1. The van der Waals surface area contributed by atoms with Crippen LogP contribution in [0.25, 0.3) is 0 Å². The second kappa shape index (κ2) is 8.58. The van der Waals surface area contributed by atoms with E-state index in [2.05, 4.69) is 19.2 Å². The van der Waals surface area contributed by atoms with E-state index in [9.17, 15) is 4.79 Å². The number of nitrogens with one attached hydrogen (secondary N) is 1. The van der Waals surface area contributed by atoms with Gasteiger partial charge in [-0.3, -0.25) is 4.79 Å². The zero-order valence-corrected chi connectivity index (χ0v) is 20.3. The average molecular weight is 462 g/mol. The predicted molar refractivity (Wildman–Crippen MR) is 123 cm³/mol. The van der Waals surface area contributed by atoms with Crippen molar-refractivity contribution in [3.8, 4) is 0 Å². The van der Waals surface area contributed by atoms with Crippen molar-refractivity contribution in [3.05, 3.63) is 24.3 Å². The van der Waals surface area contributed by atoms with Crippen LogP contribution in [0.5, 0.6) is 0 Å². The fourth-order valence-corrected chi connectivity index (χ4v) is 6.97. The van der Waals surface area contributed by atoms with E-state index in [0.717, 1.165) is 29.8 Å². The molecule has 0 aromatic heterocycles. The molecule has 32 heavy (non-hydrogen) atoms. The van der Waals surface area contributed by atoms with Crippen molar-refractivity contribution in [3.63, 3.8) is 0 Å². The van der Waals surface area contributed by atoms with Gasteiger partial charge in [-0.25, -0.2) is 9.78 Å². The quantitative estimate of drug-likeness (QED) is 0.469. The molecule has 176 valence electrons. The SMILES string of the molecule is CSc1cccc(NC(=O)CC[C@H]2O[C@@H]3O[C@]4(C)CC[C@H]5[C@H](C)CC[C@@H]([C@H]2C)[C@@]35OO4)c1. The van der Waals surface area contributed by atoms with Gasteiger partial charge in [0.25, 0.3) is 0 Å². The molecule has 1 amide bonds. The zero-order valence-electron chi connectivity index (χ0n) is 19.5. The summed E-state index contributed by atoms with van der Waals surface area (Å²) in [7, 11) is 0. The Morgan fingerprint density at radius 1 is 1.19 bits per heavy atom. The number of fused-ring (bicyclic) bond motifs is 2. The Bertz CT molecular complexity index is 866. The molecule has 2 bridgehead atoms. The van der Waals surface area contributed by atoms with Crippen LogP contribution in [0.15, 0.2) is 29.2 Å². The van der Waals surface area contributed by atoms with Crippen molar-refractivity contribution in [1.82, 2.24) is 0 Å². The van der Waals surface area contributed by atoms with Crippen LogP contribution in [0, 0.1) is 23.7 Å². The molecular formula is C25H35NO5S. The topological polar surface area (TPSA) is 66.0 Å². The Hall–Kier alpha value is -1.12. The lowest BCUT2D eigenvalue weighted by Crippen LogP contribution is -2.70. The lowest BCUT2D eigenvalue weighted by atomic mass is 9.57. The molecule has 4 saturated heterocycles.